The molecule has 0 bridgehead atoms. The highest BCUT2D eigenvalue weighted by Gasteiger charge is 2.15. The number of carbonyl (C=O) groups is 2. The van der Waals surface area contributed by atoms with E-state index in [2.05, 4.69) is 9.88 Å². The number of anilines is 1. The van der Waals surface area contributed by atoms with Crippen molar-refractivity contribution >= 4 is 29.1 Å². The Labute approximate surface area is 182 Å². The maximum absolute atomic E-state index is 12.9. The van der Waals surface area contributed by atoms with Crippen LogP contribution >= 0.6 is 11.6 Å². The second kappa shape index (κ2) is 9.18. The average Bonchev–Trinajstić information content (AvgIpc) is 3.08. The van der Waals surface area contributed by atoms with E-state index in [1.807, 2.05) is 45.9 Å². The molecule has 156 valence electrons. The predicted molar refractivity (Wildman–Crippen MR) is 122 cm³/mol. The van der Waals surface area contributed by atoms with E-state index in [9.17, 15) is 9.59 Å². The zero-order chi connectivity index (χ0) is 21.8. The van der Waals surface area contributed by atoms with Crippen molar-refractivity contribution in [1.29, 1.82) is 0 Å². The van der Waals surface area contributed by atoms with Crippen molar-refractivity contribution in [3.63, 3.8) is 0 Å². The fraction of sp³-hybridized carbons (Fsp3) is 0.250. The van der Waals surface area contributed by atoms with Crippen molar-refractivity contribution in [3.8, 4) is 5.69 Å². The normalized spacial score (nSPS) is 10.7. The topological polar surface area (TPSA) is 54.3 Å². The highest BCUT2D eigenvalue weighted by Crippen LogP contribution is 2.24. The van der Waals surface area contributed by atoms with Gasteiger partial charge in [-0.1, -0.05) is 11.6 Å². The van der Waals surface area contributed by atoms with Crippen molar-refractivity contribution in [2.45, 2.75) is 27.7 Å². The molecule has 0 aliphatic heterocycles. The molecule has 1 N–H and O–H groups in total. The fourth-order valence-corrected chi connectivity index (χ4v) is 3.69. The van der Waals surface area contributed by atoms with Crippen LogP contribution in [0, 0.1) is 13.8 Å². The Kier molecular flexibility index (Phi) is 6.63. The summed E-state index contributed by atoms with van der Waals surface area (Å²) in [4.78, 5) is 27.1. The second-order valence-electron chi connectivity index (χ2n) is 7.12. The number of aryl methyl sites for hydroxylation is 2. The van der Waals surface area contributed by atoms with Gasteiger partial charge in [-0.05, 0) is 82.3 Å². The largest absolute Gasteiger partial charge is 0.339 e. The summed E-state index contributed by atoms with van der Waals surface area (Å²) in [6, 6.07) is 16.4. The third kappa shape index (κ3) is 4.41. The maximum Gasteiger partial charge on any atom is 0.257 e. The first-order valence-corrected chi connectivity index (χ1v) is 10.4. The zero-order valence-corrected chi connectivity index (χ0v) is 18.5. The van der Waals surface area contributed by atoms with Crippen molar-refractivity contribution in [3.05, 3.63) is 82.1 Å². The average molecular weight is 424 g/mol. The van der Waals surface area contributed by atoms with Crippen molar-refractivity contribution in [2.75, 3.05) is 18.4 Å². The Morgan fingerprint density at radius 1 is 0.933 bits per heavy atom. The van der Waals surface area contributed by atoms with Crippen molar-refractivity contribution < 1.29 is 9.59 Å². The minimum Gasteiger partial charge on any atom is -0.339 e. The molecule has 2 amide bonds. The Morgan fingerprint density at radius 3 is 2.10 bits per heavy atom. The fourth-order valence-electron chi connectivity index (χ4n) is 3.49. The molecule has 0 fully saturated rings. The number of halogens is 1. The number of amides is 2. The smallest absolute Gasteiger partial charge is 0.257 e. The number of nitrogens with zero attached hydrogens (tertiary/aromatic N) is 2. The summed E-state index contributed by atoms with van der Waals surface area (Å²) in [6.07, 6.45) is 0. The summed E-state index contributed by atoms with van der Waals surface area (Å²) in [5.74, 6) is -0.321. The first kappa shape index (κ1) is 21.7. The molecule has 5 nitrogen and oxygen atoms in total. The quantitative estimate of drug-likeness (QED) is 0.570. The summed E-state index contributed by atoms with van der Waals surface area (Å²) in [5, 5.41) is 3.25. The summed E-state index contributed by atoms with van der Waals surface area (Å²) in [6.45, 7) is 9.24. The minimum atomic E-state index is -0.299. The van der Waals surface area contributed by atoms with Gasteiger partial charge < -0.3 is 14.8 Å². The molecule has 0 spiro atoms. The standard InChI is InChI=1S/C24H26ClN3O2/c1-5-27(6-2)24(30)18-9-11-19(12-10-18)26-23(29)21-15-20(13-14-22(21)25)28-16(3)7-8-17(28)4/h7-15H,5-6H2,1-4H3,(H,26,29). The van der Waals surface area contributed by atoms with Gasteiger partial charge in [0.25, 0.3) is 11.8 Å². The van der Waals surface area contributed by atoms with E-state index < -0.39 is 0 Å². The number of hydrogen-bond acceptors (Lipinski definition) is 2. The van der Waals surface area contributed by atoms with Gasteiger partial charge in [0, 0.05) is 41.4 Å². The summed E-state index contributed by atoms with van der Waals surface area (Å²) in [5.41, 5.74) is 4.63. The van der Waals surface area contributed by atoms with Crippen LogP contribution in [0.5, 0.6) is 0 Å². The minimum absolute atomic E-state index is 0.0221. The molecule has 0 atom stereocenters. The van der Waals surface area contributed by atoms with Crippen LogP contribution < -0.4 is 5.32 Å². The van der Waals surface area contributed by atoms with Gasteiger partial charge in [0.15, 0.2) is 0 Å². The zero-order valence-electron chi connectivity index (χ0n) is 17.7. The highest BCUT2D eigenvalue weighted by atomic mass is 35.5. The predicted octanol–water partition coefficient (Wildman–Crippen LogP) is 5.48. The van der Waals surface area contributed by atoms with Gasteiger partial charge >= 0.3 is 0 Å². The Bertz CT molecular complexity index is 1050. The van der Waals surface area contributed by atoms with Crippen LogP contribution in [0.1, 0.15) is 46.0 Å². The van der Waals surface area contributed by atoms with Gasteiger partial charge in [-0.3, -0.25) is 9.59 Å². The van der Waals surface area contributed by atoms with Crippen LogP contribution in [-0.4, -0.2) is 34.4 Å². The van der Waals surface area contributed by atoms with Gasteiger partial charge in [-0.25, -0.2) is 0 Å². The molecule has 30 heavy (non-hydrogen) atoms. The van der Waals surface area contributed by atoms with Gasteiger partial charge in [0.05, 0.1) is 10.6 Å². The third-order valence-corrected chi connectivity index (χ3v) is 5.49. The van der Waals surface area contributed by atoms with Gasteiger partial charge in [-0.15, -0.1) is 0 Å². The number of benzene rings is 2. The second-order valence-corrected chi connectivity index (χ2v) is 7.53. The molecule has 0 aliphatic carbocycles. The molecule has 1 heterocycles. The maximum atomic E-state index is 12.9. The number of carbonyl (C=O) groups excluding carboxylic acids is 2. The van der Waals surface area contributed by atoms with Crippen LogP contribution in [0.4, 0.5) is 5.69 Å². The molecule has 0 unspecified atom stereocenters. The molecular formula is C24H26ClN3O2. The van der Waals surface area contributed by atoms with Gasteiger partial charge in [0.2, 0.25) is 0 Å². The van der Waals surface area contributed by atoms with Crippen LogP contribution in [0.15, 0.2) is 54.6 Å². The van der Waals surface area contributed by atoms with E-state index >= 15 is 0 Å². The monoisotopic (exact) mass is 423 g/mol. The summed E-state index contributed by atoms with van der Waals surface area (Å²) in [7, 11) is 0. The number of aromatic nitrogens is 1. The first-order valence-electron chi connectivity index (χ1n) is 10.0. The van der Waals surface area contributed by atoms with E-state index in [1.54, 1.807) is 41.3 Å². The van der Waals surface area contributed by atoms with E-state index in [0.717, 1.165) is 17.1 Å². The Hall–Kier alpha value is -3.05. The molecule has 0 saturated heterocycles. The van der Waals surface area contributed by atoms with Gasteiger partial charge in [-0.2, -0.15) is 0 Å². The number of hydrogen-bond donors (Lipinski definition) is 1. The molecule has 6 heteroatoms. The number of rotatable bonds is 6. The van der Waals surface area contributed by atoms with Crippen LogP contribution in [0.2, 0.25) is 5.02 Å². The van der Waals surface area contributed by atoms with E-state index in [1.165, 1.54) is 0 Å². The molecular weight excluding hydrogens is 398 g/mol. The summed E-state index contributed by atoms with van der Waals surface area (Å²) >= 11 is 6.31. The number of nitrogens with one attached hydrogen (secondary N) is 1. The lowest BCUT2D eigenvalue weighted by Crippen LogP contribution is -2.30. The Balaban J connectivity index is 1.81. The molecule has 0 aliphatic rings. The lowest BCUT2D eigenvalue weighted by atomic mass is 10.1. The van der Waals surface area contributed by atoms with Crippen LogP contribution in [0.25, 0.3) is 5.69 Å². The molecule has 3 rings (SSSR count). The molecule has 0 radical (unpaired) electrons. The van der Waals surface area contributed by atoms with Crippen LogP contribution in [-0.2, 0) is 0 Å². The lowest BCUT2D eigenvalue weighted by Gasteiger charge is -2.18. The molecule has 0 saturated carbocycles. The summed E-state index contributed by atoms with van der Waals surface area (Å²) < 4.78 is 2.07. The first-order chi connectivity index (χ1) is 14.3. The van der Waals surface area contributed by atoms with E-state index in [-0.39, 0.29) is 11.8 Å². The molecule has 3 aromatic rings. The van der Waals surface area contributed by atoms with Crippen molar-refractivity contribution in [1.82, 2.24) is 9.47 Å². The SMILES string of the molecule is CCN(CC)C(=O)c1ccc(NC(=O)c2cc(-n3c(C)ccc3C)ccc2Cl)cc1. The van der Waals surface area contributed by atoms with Crippen LogP contribution in [0.3, 0.4) is 0 Å². The van der Waals surface area contributed by atoms with Crippen molar-refractivity contribution in [2.24, 2.45) is 0 Å². The Morgan fingerprint density at radius 2 is 1.53 bits per heavy atom. The molecule has 1 aromatic heterocycles. The van der Waals surface area contributed by atoms with E-state index in [4.69, 9.17) is 11.6 Å². The third-order valence-electron chi connectivity index (χ3n) is 5.16. The van der Waals surface area contributed by atoms with Gasteiger partial charge in [0.1, 0.15) is 0 Å². The molecule has 2 aromatic carbocycles. The highest BCUT2D eigenvalue weighted by molar-refractivity contribution is 6.34. The lowest BCUT2D eigenvalue weighted by molar-refractivity contribution is 0.0773. The van der Waals surface area contributed by atoms with E-state index in [0.29, 0.717) is 34.9 Å².